The van der Waals surface area contributed by atoms with Crippen LogP contribution in [0.5, 0.6) is 0 Å². The fourth-order valence-electron chi connectivity index (χ4n) is 2.95. The van der Waals surface area contributed by atoms with Gasteiger partial charge in [0.05, 0.1) is 0 Å². The second-order valence-corrected chi connectivity index (χ2v) is 4.94. The van der Waals surface area contributed by atoms with Crippen LogP contribution in [0, 0.1) is 18.8 Å². The average molecular weight is 195 g/mol. The summed E-state index contributed by atoms with van der Waals surface area (Å²) in [5.41, 5.74) is 0. The van der Waals surface area contributed by atoms with Crippen LogP contribution in [-0.4, -0.2) is 0 Å². The summed E-state index contributed by atoms with van der Waals surface area (Å²) in [6.07, 6.45) is 14.3. The third-order valence-corrected chi connectivity index (χ3v) is 3.82. The summed E-state index contributed by atoms with van der Waals surface area (Å²) in [4.78, 5) is 0. The standard InChI is InChI=1S/C14H27/c1-3-5-10-13(9-4-2)14-11-7-6-8-12-14/h13-14H,2-12H2,1H3. The molecule has 83 valence electrons. The van der Waals surface area contributed by atoms with Gasteiger partial charge >= 0.3 is 0 Å². The van der Waals surface area contributed by atoms with Crippen molar-refractivity contribution in [1.29, 1.82) is 0 Å². The molecule has 0 spiro atoms. The van der Waals surface area contributed by atoms with E-state index in [0.29, 0.717) is 0 Å². The second kappa shape index (κ2) is 7.31. The number of unbranched alkanes of at least 4 members (excludes halogenated alkanes) is 1. The van der Waals surface area contributed by atoms with Crippen molar-refractivity contribution in [3.63, 3.8) is 0 Å². The molecular weight excluding hydrogens is 168 g/mol. The van der Waals surface area contributed by atoms with Crippen LogP contribution in [-0.2, 0) is 0 Å². The Labute approximate surface area is 90.5 Å². The van der Waals surface area contributed by atoms with Crippen LogP contribution < -0.4 is 0 Å². The van der Waals surface area contributed by atoms with Gasteiger partial charge in [0.15, 0.2) is 0 Å². The molecule has 0 heterocycles. The van der Waals surface area contributed by atoms with E-state index < -0.39 is 0 Å². The van der Waals surface area contributed by atoms with Gasteiger partial charge in [0, 0.05) is 0 Å². The first-order valence-electron chi connectivity index (χ1n) is 6.67. The molecule has 0 N–H and O–H groups in total. The van der Waals surface area contributed by atoms with Crippen molar-refractivity contribution in [2.24, 2.45) is 11.8 Å². The molecule has 0 aromatic rings. The molecule has 1 unspecified atom stereocenters. The van der Waals surface area contributed by atoms with Crippen molar-refractivity contribution in [3.8, 4) is 0 Å². The topological polar surface area (TPSA) is 0 Å². The van der Waals surface area contributed by atoms with Crippen molar-refractivity contribution in [1.82, 2.24) is 0 Å². The Kier molecular flexibility index (Phi) is 6.31. The van der Waals surface area contributed by atoms with Crippen LogP contribution in [0.25, 0.3) is 0 Å². The summed E-state index contributed by atoms with van der Waals surface area (Å²) in [6.45, 7) is 6.34. The lowest BCUT2D eigenvalue weighted by Crippen LogP contribution is -2.18. The monoisotopic (exact) mass is 195 g/mol. The van der Waals surface area contributed by atoms with Crippen LogP contribution in [0.2, 0.25) is 0 Å². The van der Waals surface area contributed by atoms with Crippen LogP contribution in [0.15, 0.2) is 0 Å². The van der Waals surface area contributed by atoms with Crippen molar-refractivity contribution in [2.75, 3.05) is 0 Å². The van der Waals surface area contributed by atoms with Gasteiger partial charge in [-0.2, -0.15) is 0 Å². The van der Waals surface area contributed by atoms with Crippen molar-refractivity contribution >= 4 is 0 Å². The van der Waals surface area contributed by atoms with Gasteiger partial charge in [-0.05, 0) is 11.8 Å². The van der Waals surface area contributed by atoms with Gasteiger partial charge in [0.1, 0.15) is 0 Å². The molecular formula is C14H27. The Bertz CT molecular complexity index is 122. The van der Waals surface area contributed by atoms with Crippen LogP contribution >= 0.6 is 0 Å². The minimum Gasteiger partial charge on any atom is -0.0654 e. The quantitative estimate of drug-likeness (QED) is 0.560. The zero-order valence-electron chi connectivity index (χ0n) is 9.93. The molecule has 0 aromatic carbocycles. The summed E-state index contributed by atoms with van der Waals surface area (Å²) in [5, 5.41) is 0. The zero-order chi connectivity index (χ0) is 10.2. The first-order chi connectivity index (χ1) is 6.88. The van der Waals surface area contributed by atoms with Gasteiger partial charge in [0.2, 0.25) is 0 Å². The van der Waals surface area contributed by atoms with Crippen molar-refractivity contribution in [3.05, 3.63) is 6.92 Å². The van der Waals surface area contributed by atoms with Crippen LogP contribution in [0.3, 0.4) is 0 Å². The number of hydrogen-bond donors (Lipinski definition) is 0. The Morgan fingerprint density at radius 3 is 2.43 bits per heavy atom. The fourth-order valence-corrected chi connectivity index (χ4v) is 2.95. The largest absolute Gasteiger partial charge is 0.0654 e. The van der Waals surface area contributed by atoms with E-state index in [0.717, 1.165) is 18.3 Å². The third-order valence-electron chi connectivity index (χ3n) is 3.82. The molecule has 1 atom stereocenters. The maximum absolute atomic E-state index is 4.03. The fraction of sp³-hybridized carbons (Fsp3) is 0.929. The zero-order valence-corrected chi connectivity index (χ0v) is 9.93. The molecule has 0 amide bonds. The van der Waals surface area contributed by atoms with E-state index in [1.165, 1.54) is 57.8 Å². The van der Waals surface area contributed by atoms with Gasteiger partial charge in [-0.1, -0.05) is 78.1 Å². The van der Waals surface area contributed by atoms with Gasteiger partial charge in [-0.3, -0.25) is 0 Å². The minimum absolute atomic E-state index is 1.01. The van der Waals surface area contributed by atoms with Crippen LogP contribution in [0.1, 0.15) is 71.1 Å². The Hall–Kier alpha value is 0. The van der Waals surface area contributed by atoms with Gasteiger partial charge in [0.25, 0.3) is 0 Å². The lowest BCUT2D eigenvalue weighted by molar-refractivity contribution is 0.221. The number of hydrogen-bond acceptors (Lipinski definition) is 0. The molecule has 0 heteroatoms. The highest BCUT2D eigenvalue weighted by molar-refractivity contribution is 4.74. The Balaban J connectivity index is 2.30. The number of rotatable bonds is 6. The smallest absolute Gasteiger partial charge is 0.0386 e. The van der Waals surface area contributed by atoms with Crippen LogP contribution in [0.4, 0.5) is 0 Å². The highest BCUT2D eigenvalue weighted by atomic mass is 14.3. The Morgan fingerprint density at radius 1 is 1.14 bits per heavy atom. The van der Waals surface area contributed by atoms with E-state index in [4.69, 9.17) is 0 Å². The predicted molar refractivity (Wildman–Crippen MR) is 64.2 cm³/mol. The second-order valence-electron chi connectivity index (χ2n) is 4.94. The first-order valence-corrected chi connectivity index (χ1v) is 6.67. The van der Waals surface area contributed by atoms with Gasteiger partial charge < -0.3 is 0 Å². The maximum atomic E-state index is 4.03. The first kappa shape index (κ1) is 12.1. The Morgan fingerprint density at radius 2 is 1.86 bits per heavy atom. The molecule has 1 rings (SSSR count). The summed E-state index contributed by atoms with van der Waals surface area (Å²) < 4.78 is 0. The molecule has 1 aliphatic rings. The average Bonchev–Trinajstić information content (AvgIpc) is 2.25. The molecule has 1 fully saturated rings. The minimum atomic E-state index is 1.01. The van der Waals surface area contributed by atoms with Crippen molar-refractivity contribution in [2.45, 2.75) is 71.1 Å². The van der Waals surface area contributed by atoms with E-state index in [1.54, 1.807) is 0 Å². The molecule has 14 heavy (non-hydrogen) atoms. The normalized spacial score (nSPS) is 21.0. The molecule has 1 radical (unpaired) electrons. The summed E-state index contributed by atoms with van der Waals surface area (Å²) in [7, 11) is 0. The lowest BCUT2D eigenvalue weighted by atomic mass is 9.76. The summed E-state index contributed by atoms with van der Waals surface area (Å²) in [5.74, 6) is 2.06. The van der Waals surface area contributed by atoms with E-state index in [2.05, 4.69) is 13.8 Å². The van der Waals surface area contributed by atoms with Gasteiger partial charge in [-0.15, -0.1) is 0 Å². The lowest BCUT2D eigenvalue weighted by Gasteiger charge is -2.30. The highest BCUT2D eigenvalue weighted by Crippen LogP contribution is 2.35. The highest BCUT2D eigenvalue weighted by Gasteiger charge is 2.22. The molecule has 0 aliphatic heterocycles. The third kappa shape index (κ3) is 4.02. The molecule has 0 nitrogen and oxygen atoms in total. The SMILES string of the molecule is [CH2]CCC(CCCC)C1CCCCC1. The van der Waals surface area contributed by atoms with Gasteiger partial charge in [-0.25, -0.2) is 0 Å². The van der Waals surface area contributed by atoms with E-state index >= 15 is 0 Å². The summed E-state index contributed by atoms with van der Waals surface area (Å²) >= 11 is 0. The summed E-state index contributed by atoms with van der Waals surface area (Å²) in [6, 6.07) is 0. The molecule has 1 saturated carbocycles. The predicted octanol–water partition coefficient (Wildman–Crippen LogP) is 4.99. The van der Waals surface area contributed by atoms with Crippen molar-refractivity contribution < 1.29 is 0 Å². The van der Waals surface area contributed by atoms with E-state index in [-0.39, 0.29) is 0 Å². The molecule has 1 aliphatic carbocycles. The van der Waals surface area contributed by atoms with E-state index in [1.807, 2.05) is 0 Å². The molecule has 0 saturated heterocycles. The molecule has 0 bridgehead atoms. The maximum Gasteiger partial charge on any atom is -0.0386 e. The van der Waals surface area contributed by atoms with E-state index in [9.17, 15) is 0 Å². The molecule has 0 aromatic heterocycles.